The topological polar surface area (TPSA) is 54.0 Å². The first kappa shape index (κ1) is 14.2. The van der Waals surface area contributed by atoms with E-state index in [4.69, 9.17) is 0 Å². The molecule has 1 aromatic carbocycles. The van der Waals surface area contributed by atoms with Crippen molar-refractivity contribution in [3.8, 4) is 10.6 Å². The number of amides is 1. The smallest absolute Gasteiger partial charge is 0.226 e. The van der Waals surface area contributed by atoms with E-state index in [0.717, 1.165) is 35.8 Å². The van der Waals surface area contributed by atoms with E-state index >= 15 is 0 Å². The van der Waals surface area contributed by atoms with Gasteiger partial charge in [-0.2, -0.15) is 0 Å². The molecule has 3 rings (SSSR count). The molecule has 4 nitrogen and oxygen atoms in total. The highest BCUT2D eigenvalue weighted by Gasteiger charge is 2.17. The molecule has 1 atom stereocenters. The Morgan fingerprint density at radius 1 is 1.43 bits per heavy atom. The van der Waals surface area contributed by atoms with E-state index in [0.29, 0.717) is 6.42 Å². The first-order chi connectivity index (χ1) is 10.2. The highest BCUT2D eigenvalue weighted by molar-refractivity contribution is 7.13. The fourth-order valence-electron chi connectivity index (χ4n) is 2.44. The summed E-state index contributed by atoms with van der Waals surface area (Å²) in [6.07, 6.45) is 1.37. The van der Waals surface area contributed by atoms with Gasteiger partial charge in [-0.25, -0.2) is 4.98 Å². The van der Waals surface area contributed by atoms with Gasteiger partial charge in [0.15, 0.2) is 0 Å². The highest BCUT2D eigenvalue weighted by Crippen LogP contribution is 2.24. The lowest BCUT2D eigenvalue weighted by atomic mass is 10.2. The molecule has 0 saturated carbocycles. The summed E-state index contributed by atoms with van der Waals surface area (Å²) in [6, 6.07) is 8.57. The maximum absolute atomic E-state index is 12.0. The van der Waals surface area contributed by atoms with Gasteiger partial charge in [0.05, 0.1) is 12.1 Å². The molecule has 0 spiro atoms. The molecule has 2 heterocycles. The molecule has 5 heteroatoms. The number of thiazole rings is 1. The Bertz CT molecular complexity index is 615. The summed E-state index contributed by atoms with van der Waals surface area (Å²) in [6.45, 7) is 3.93. The van der Waals surface area contributed by atoms with Crippen molar-refractivity contribution in [1.82, 2.24) is 15.6 Å². The zero-order valence-corrected chi connectivity index (χ0v) is 12.9. The number of aromatic nitrogens is 1. The van der Waals surface area contributed by atoms with Crippen LogP contribution in [0.3, 0.4) is 0 Å². The Hall–Kier alpha value is -1.72. The minimum absolute atomic E-state index is 0.0597. The standard InChI is InChI=1S/C16H19N3OS/c1-11-2-4-12(5-3-11)16-19-14(10-21-16)8-15(20)18-13-6-7-17-9-13/h2-5,10,13,17H,6-9H2,1H3,(H,18,20). The molecule has 1 fully saturated rings. The summed E-state index contributed by atoms with van der Waals surface area (Å²) in [5.41, 5.74) is 3.19. The normalized spacial score (nSPS) is 17.9. The van der Waals surface area contributed by atoms with E-state index in [9.17, 15) is 4.79 Å². The van der Waals surface area contributed by atoms with Gasteiger partial charge in [-0.15, -0.1) is 11.3 Å². The molecule has 1 aromatic heterocycles. The number of hydrogen-bond acceptors (Lipinski definition) is 4. The van der Waals surface area contributed by atoms with Crippen LogP contribution in [-0.4, -0.2) is 30.0 Å². The van der Waals surface area contributed by atoms with Crippen LogP contribution in [0.5, 0.6) is 0 Å². The molecule has 1 unspecified atom stereocenters. The maximum Gasteiger partial charge on any atom is 0.226 e. The molecule has 110 valence electrons. The summed E-state index contributed by atoms with van der Waals surface area (Å²) in [4.78, 5) is 16.6. The first-order valence-electron chi connectivity index (χ1n) is 7.22. The van der Waals surface area contributed by atoms with E-state index in [-0.39, 0.29) is 11.9 Å². The van der Waals surface area contributed by atoms with Crippen LogP contribution in [0.25, 0.3) is 10.6 Å². The van der Waals surface area contributed by atoms with Gasteiger partial charge >= 0.3 is 0 Å². The third kappa shape index (κ3) is 3.68. The van der Waals surface area contributed by atoms with Gasteiger partial charge in [-0.05, 0) is 19.9 Å². The van der Waals surface area contributed by atoms with Crippen LogP contribution in [0.2, 0.25) is 0 Å². The summed E-state index contributed by atoms with van der Waals surface area (Å²) in [5.74, 6) is 0.0597. The second kappa shape index (κ2) is 6.37. The number of carbonyl (C=O) groups excluding carboxylic acids is 1. The average Bonchev–Trinajstić information content (AvgIpc) is 3.11. The van der Waals surface area contributed by atoms with E-state index in [1.807, 2.05) is 5.38 Å². The number of carbonyl (C=O) groups is 1. The third-order valence-corrected chi connectivity index (χ3v) is 4.56. The number of benzene rings is 1. The van der Waals surface area contributed by atoms with Crippen molar-refractivity contribution in [3.05, 3.63) is 40.9 Å². The van der Waals surface area contributed by atoms with Crippen molar-refractivity contribution in [2.45, 2.75) is 25.8 Å². The number of nitrogens with one attached hydrogen (secondary N) is 2. The fraction of sp³-hybridized carbons (Fsp3) is 0.375. The summed E-state index contributed by atoms with van der Waals surface area (Å²) < 4.78 is 0. The Morgan fingerprint density at radius 3 is 2.95 bits per heavy atom. The predicted octanol–water partition coefficient (Wildman–Crippen LogP) is 2.14. The molecule has 1 aliphatic heterocycles. The van der Waals surface area contributed by atoms with E-state index in [2.05, 4.69) is 46.8 Å². The Balaban J connectivity index is 1.61. The number of hydrogen-bond donors (Lipinski definition) is 2. The lowest BCUT2D eigenvalue weighted by molar-refractivity contribution is -0.121. The van der Waals surface area contributed by atoms with Crippen LogP contribution in [0.15, 0.2) is 29.6 Å². The number of rotatable bonds is 4. The van der Waals surface area contributed by atoms with Crippen molar-refractivity contribution in [2.24, 2.45) is 0 Å². The Morgan fingerprint density at radius 2 is 2.24 bits per heavy atom. The second-order valence-corrected chi connectivity index (χ2v) is 6.30. The van der Waals surface area contributed by atoms with Gasteiger partial charge < -0.3 is 10.6 Å². The van der Waals surface area contributed by atoms with Crippen molar-refractivity contribution in [2.75, 3.05) is 13.1 Å². The molecule has 1 saturated heterocycles. The van der Waals surface area contributed by atoms with Crippen LogP contribution >= 0.6 is 11.3 Å². The lowest BCUT2D eigenvalue weighted by Gasteiger charge is -2.10. The van der Waals surface area contributed by atoms with Crippen molar-refractivity contribution in [3.63, 3.8) is 0 Å². The molecule has 0 bridgehead atoms. The zero-order valence-electron chi connectivity index (χ0n) is 12.1. The van der Waals surface area contributed by atoms with Crippen molar-refractivity contribution >= 4 is 17.2 Å². The van der Waals surface area contributed by atoms with Gasteiger partial charge in [-0.1, -0.05) is 29.8 Å². The van der Waals surface area contributed by atoms with Gasteiger partial charge in [0.25, 0.3) is 0 Å². The quantitative estimate of drug-likeness (QED) is 0.910. The monoisotopic (exact) mass is 301 g/mol. The summed E-state index contributed by atoms with van der Waals surface area (Å²) >= 11 is 1.59. The van der Waals surface area contributed by atoms with Gasteiger partial charge in [0.1, 0.15) is 5.01 Å². The molecule has 21 heavy (non-hydrogen) atoms. The molecule has 1 aliphatic rings. The predicted molar refractivity (Wildman–Crippen MR) is 85.4 cm³/mol. The summed E-state index contributed by atoms with van der Waals surface area (Å²) in [7, 11) is 0. The van der Waals surface area contributed by atoms with Crippen LogP contribution < -0.4 is 10.6 Å². The van der Waals surface area contributed by atoms with E-state index < -0.39 is 0 Å². The molecule has 2 aromatic rings. The minimum atomic E-state index is 0.0597. The lowest BCUT2D eigenvalue weighted by Crippen LogP contribution is -2.37. The fourth-order valence-corrected chi connectivity index (χ4v) is 3.26. The Labute approximate surface area is 128 Å². The number of nitrogens with zero attached hydrogens (tertiary/aromatic N) is 1. The van der Waals surface area contributed by atoms with Crippen molar-refractivity contribution in [1.29, 1.82) is 0 Å². The molecular weight excluding hydrogens is 282 g/mol. The molecule has 0 aliphatic carbocycles. The first-order valence-corrected chi connectivity index (χ1v) is 8.10. The molecular formula is C16H19N3OS. The van der Waals surface area contributed by atoms with Crippen LogP contribution in [0, 0.1) is 6.92 Å². The molecule has 0 radical (unpaired) electrons. The van der Waals surface area contributed by atoms with Gasteiger partial charge in [-0.3, -0.25) is 4.79 Å². The van der Waals surface area contributed by atoms with Crippen LogP contribution in [0.1, 0.15) is 17.7 Å². The van der Waals surface area contributed by atoms with Crippen molar-refractivity contribution < 1.29 is 4.79 Å². The third-order valence-electron chi connectivity index (χ3n) is 3.62. The largest absolute Gasteiger partial charge is 0.352 e. The van der Waals surface area contributed by atoms with E-state index in [1.54, 1.807) is 11.3 Å². The van der Waals surface area contributed by atoms with Gasteiger partial charge in [0.2, 0.25) is 5.91 Å². The second-order valence-electron chi connectivity index (χ2n) is 5.44. The minimum Gasteiger partial charge on any atom is -0.352 e. The van der Waals surface area contributed by atoms with E-state index in [1.165, 1.54) is 5.56 Å². The summed E-state index contributed by atoms with van der Waals surface area (Å²) in [5, 5.41) is 9.24. The maximum atomic E-state index is 12.0. The van der Waals surface area contributed by atoms with Crippen LogP contribution in [-0.2, 0) is 11.2 Å². The highest BCUT2D eigenvalue weighted by atomic mass is 32.1. The molecule has 2 N–H and O–H groups in total. The van der Waals surface area contributed by atoms with Gasteiger partial charge in [0, 0.05) is 23.5 Å². The molecule has 1 amide bonds. The zero-order chi connectivity index (χ0) is 14.7. The number of aryl methyl sites for hydroxylation is 1. The SMILES string of the molecule is Cc1ccc(-c2nc(CC(=O)NC3CCNC3)cs2)cc1. The van der Waals surface area contributed by atoms with Crippen LogP contribution in [0.4, 0.5) is 0 Å². The Kier molecular flexibility index (Phi) is 4.31. The average molecular weight is 301 g/mol.